The van der Waals surface area contributed by atoms with Crippen LogP contribution in [0.1, 0.15) is 1.43 Å². The Morgan fingerprint density at radius 3 is 0.404 bits per heavy atom. The number of benzene rings is 4. The van der Waals surface area contributed by atoms with Crippen LogP contribution in [0.2, 0.25) is 0 Å². The van der Waals surface area contributed by atoms with Gasteiger partial charge in [0.1, 0.15) is 52.7 Å². The van der Waals surface area contributed by atoms with Crippen LogP contribution in [0.25, 0.3) is 0 Å². The second-order valence-electron chi connectivity index (χ2n) is 8.80. The van der Waals surface area contributed by atoms with Crippen LogP contribution in [0.3, 0.4) is 0 Å². The molecule has 0 fully saturated rings. The molecule has 4 aromatic carbocycles. The van der Waals surface area contributed by atoms with Gasteiger partial charge in [0, 0.05) is 0 Å². The molecule has 0 N–H and O–H groups in total. The van der Waals surface area contributed by atoms with Gasteiger partial charge in [0.15, 0.2) is 69.8 Å². The molecule has 0 unspecified atom stereocenters. The van der Waals surface area contributed by atoms with Crippen molar-refractivity contribution >= 4 is 45.0 Å². The van der Waals surface area contributed by atoms with Crippen LogP contribution in [0.5, 0.6) is 0 Å². The monoisotopic (exact) mass is 767 g/mol. The molecule has 0 saturated heterocycles. The predicted octanol–water partition coefficient (Wildman–Crippen LogP) is 3.54. The Morgan fingerprint density at radius 2 is 0.298 bits per heavy atom. The summed E-state index contributed by atoms with van der Waals surface area (Å²) in [7, 11) is 0. The average Bonchev–Trinajstić information content (AvgIpc) is 3.00. The minimum absolute atomic E-state index is 0. The zero-order chi connectivity index (χ0) is 34.4. The SMILES string of the molecule is Br.Fc1c(F)c(F)c([B-](c2c(F)c(F)c(F)c(F)c2F)(c2c(F)c(F)c(F)c(F)c2F)c2c(F)c(F)c(F)c(F)c2F)c(F)c1F.[H-].[Li+]. The fourth-order valence-electron chi connectivity index (χ4n) is 4.87. The zero-order valence-corrected chi connectivity index (χ0v) is 23.3. The Kier molecular flexibility index (Phi) is 11.2. The van der Waals surface area contributed by atoms with Crippen molar-refractivity contribution in [3.8, 4) is 0 Å². The summed E-state index contributed by atoms with van der Waals surface area (Å²) in [4.78, 5) is 0. The van der Waals surface area contributed by atoms with Gasteiger partial charge >= 0.3 is 18.9 Å². The molecule has 0 nitrogen and oxygen atoms in total. The number of halogens is 21. The molecule has 0 aliphatic rings. The second kappa shape index (κ2) is 13.3. The summed E-state index contributed by atoms with van der Waals surface area (Å²) in [6.45, 7) is 0. The molecular formula is C24H2BBrF20Li-. The van der Waals surface area contributed by atoms with Crippen molar-refractivity contribution in [1.29, 1.82) is 0 Å². The van der Waals surface area contributed by atoms with Crippen molar-refractivity contribution in [2.24, 2.45) is 0 Å². The molecule has 0 saturated carbocycles. The van der Waals surface area contributed by atoms with E-state index in [2.05, 4.69) is 0 Å². The minimum atomic E-state index is -7.22. The molecule has 47 heavy (non-hydrogen) atoms. The summed E-state index contributed by atoms with van der Waals surface area (Å²) in [5.41, 5.74) is -14.3. The second-order valence-corrected chi connectivity index (χ2v) is 8.80. The first kappa shape index (κ1) is 39.8. The fourth-order valence-corrected chi connectivity index (χ4v) is 4.87. The van der Waals surface area contributed by atoms with E-state index in [-0.39, 0.29) is 37.3 Å². The van der Waals surface area contributed by atoms with Crippen molar-refractivity contribution in [3.05, 3.63) is 116 Å². The van der Waals surface area contributed by atoms with E-state index in [9.17, 15) is 52.7 Å². The Balaban J connectivity index is 0.00000384. The fraction of sp³-hybridized carbons (Fsp3) is 0. The third kappa shape index (κ3) is 5.17. The summed E-state index contributed by atoms with van der Waals surface area (Å²) in [6.07, 6.45) is -7.22. The number of hydrogen-bond donors (Lipinski definition) is 0. The molecule has 0 aromatic heterocycles. The van der Waals surface area contributed by atoms with Crippen LogP contribution in [-0.4, -0.2) is 6.15 Å². The number of rotatable bonds is 4. The largest absolute Gasteiger partial charge is 1.00 e. The van der Waals surface area contributed by atoms with E-state index in [4.69, 9.17) is 0 Å². The Bertz CT molecular complexity index is 1590. The van der Waals surface area contributed by atoms with Gasteiger partial charge in [-0.25, -0.2) is 87.8 Å². The summed E-state index contributed by atoms with van der Waals surface area (Å²) in [6, 6.07) is 0. The van der Waals surface area contributed by atoms with E-state index in [1.165, 1.54) is 0 Å². The van der Waals surface area contributed by atoms with E-state index in [1.54, 1.807) is 0 Å². The van der Waals surface area contributed by atoms with E-state index < -0.39 is 144 Å². The first-order valence-electron chi connectivity index (χ1n) is 10.9. The van der Waals surface area contributed by atoms with Gasteiger partial charge in [-0.2, -0.15) is 0 Å². The Morgan fingerprint density at radius 1 is 0.213 bits per heavy atom. The van der Waals surface area contributed by atoms with Gasteiger partial charge in [-0.15, -0.1) is 38.8 Å². The van der Waals surface area contributed by atoms with Crippen LogP contribution in [0.4, 0.5) is 87.8 Å². The minimum Gasteiger partial charge on any atom is -1.00 e. The molecule has 0 bridgehead atoms. The maximum absolute atomic E-state index is 15.4. The van der Waals surface area contributed by atoms with Gasteiger partial charge in [0.25, 0.3) is 0 Å². The first-order chi connectivity index (χ1) is 20.7. The normalized spacial score (nSPS) is 11.5. The van der Waals surface area contributed by atoms with Crippen molar-refractivity contribution in [2.75, 3.05) is 0 Å². The third-order valence-corrected chi connectivity index (χ3v) is 6.71. The molecule has 250 valence electrons. The summed E-state index contributed by atoms with van der Waals surface area (Å²) < 4.78 is 294. The standard InChI is InChI=1S/C24BF20.BrH.Li.H/c26-5-1(6(27)14(35)21(42)13(5)34)25(2-7(28)15(36)22(43)16(37)8(2)29,3-9(30)17(38)23(44)18(39)10(3)31)4-11(32)19(40)24(45)20(41)12(4)33;;;/h;1H;;/q-1;;+1;-1. The van der Waals surface area contributed by atoms with E-state index >= 15 is 35.1 Å². The van der Waals surface area contributed by atoms with E-state index in [0.717, 1.165) is 0 Å². The number of hydrogen-bond acceptors (Lipinski definition) is 0. The third-order valence-electron chi connectivity index (χ3n) is 6.71. The molecule has 4 rings (SSSR count). The summed E-state index contributed by atoms with van der Waals surface area (Å²) in [5.74, 6) is -71.4. The van der Waals surface area contributed by atoms with E-state index in [1.807, 2.05) is 0 Å². The first-order valence-corrected chi connectivity index (χ1v) is 10.9. The zero-order valence-electron chi connectivity index (χ0n) is 22.5. The van der Waals surface area contributed by atoms with Gasteiger partial charge in [0.2, 0.25) is 0 Å². The van der Waals surface area contributed by atoms with Crippen molar-refractivity contribution in [3.63, 3.8) is 0 Å². The van der Waals surface area contributed by atoms with Crippen LogP contribution < -0.4 is 40.7 Å². The van der Waals surface area contributed by atoms with E-state index in [0.29, 0.717) is 0 Å². The van der Waals surface area contributed by atoms with Gasteiger partial charge < -0.3 is 1.43 Å². The van der Waals surface area contributed by atoms with Crippen molar-refractivity contribution in [1.82, 2.24) is 0 Å². The molecule has 0 spiro atoms. The molecular weight excluding hydrogens is 766 g/mol. The molecule has 0 aliphatic carbocycles. The topological polar surface area (TPSA) is 0 Å². The quantitative estimate of drug-likeness (QED) is 0.129. The molecule has 0 heterocycles. The molecule has 23 heteroatoms. The Labute approximate surface area is 269 Å². The molecule has 0 atom stereocenters. The molecule has 4 aromatic rings. The van der Waals surface area contributed by atoms with Crippen LogP contribution in [0.15, 0.2) is 0 Å². The van der Waals surface area contributed by atoms with Crippen molar-refractivity contribution in [2.45, 2.75) is 0 Å². The predicted molar refractivity (Wildman–Crippen MR) is 121 cm³/mol. The van der Waals surface area contributed by atoms with Crippen LogP contribution >= 0.6 is 17.0 Å². The maximum Gasteiger partial charge on any atom is 1.00 e. The maximum atomic E-state index is 15.4. The van der Waals surface area contributed by atoms with Gasteiger partial charge in [-0.3, -0.25) is 0 Å². The van der Waals surface area contributed by atoms with Gasteiger partial charge in [0.05, 0.1) is 0 Å². The summed E-state index contributed by atoms with van der Waals surface area (Å²) >= 11 is 0. The van der Waals surface area contributed by atoms with Gasteiger partial charge in [-0.05, 0) is 0 Å². The molecule has 0 aliphatic heterocycles. The van der Waals surface area contributed by atoms with Crippen LogP contribution in [-0.2, 0) is 0 Å². The van der Waals surface area contributed by atoms with Crippen molar-refractivity contribution < 1.29 is 108 Å². The average molecular weight is 768 g/mol. The summed E-state index contributed by atoms with van der Waals surface area (Å²) in [5, 5.41) is 0. The molecule has 0 radical (unpaired) electrons. The molecule has 0 amide bonds. The van der Waals surface area contributed by atoms with Gasteiger partial charge in [-0.1, -0.05) is 0 Å². The van der Waals surface area contributed by atoms with Crippen LogP contribution in [0, 0.1) is 116 Å². The smallest absolute Gasteiger partial charge is 1.00 e. The Hall–Kier alpha value is -3.38.